The van der Waals surface area contributed by atoms with Crippen molar-refractivity contribution in [2.24, 2.45) is 0 Å². The molecule has 0 aliphatic rings. The minimum absolute atomic E-state index is 0.103. The van der Waals surface area contributed by atoms with Gasteiger partial charge in [0.05, 0.1) is 0 Å². The Hall–Kier alpha value is -3.20. The minimum Gasteiger partial charge on any atom is -0.508 e. The molecular formula is C28H39N3O5S. The zero-order valence-electron chi connectivity index (χ0n) is 22.1. The molecule has 1 unspecified atom stereocenters. The van der Waals surface area contributed by atoms with Crippen molar-refractivity contribution in [2.45, 2.75) is 64.1 Å². The number of hydrogen-bond acceptors (Lipinski definition) is 6. The second-order valence-electron chi connectivity index (χ2n) is 9.79. The summed E-state index contributed by atoms with van der Waals surface area (Å²) in [5.74, 6) is 0.0522. The third kappa shape index (κ3) is 12.1. The fourth-order valence-electron chi connectivity index (χ4n) is 3.58. The van der Waals surface area contributed by atoms with Crippen LogP contribution in [-0.2, 0) is 27.2 Å². The minimum atomic E-state index is -0.970. The summed E-state index contributed by atoms with van der Waals surface area (Å²) in [5, 5.41) is 18.0. The van der Waals surface area contributed by atoms with Crippen LogP contribution in [0.15, 0.2) is 54.6 Å². The fourth-order valence-corrected chi connectivity index (χ4v) is 4.05. The van der Waals surface area contributed by atoms with Crippen molar-refractivity contribution >= 4 is 29.7 Å². The summed E-state index contributed by atoms with van der Waals surface area (Å²) >= 11 is 1.58. The van der Waals surface area contributed by atoms with Crippen LogP contribution in [0.25, 0.3) is 0 Å². The molecule has 0 aliphatic carbocycles. The number of thioether (sulfide) groups is 1. The number of aryl methyl sites for hydroxylation is 1. The van der Waals surface area contributed by atoms with Gasteiger partial charge in [-0.1, -0.05) is 42.5 Å². The summed E-state index contributed by atoms with van der Waals surface area (Å²) < 4.78 is 5.34. The Labute approximate surface area is 223 Å². The van der Waals surface area contributed by atoms with Gasteiger partial charge in [-0.2, -0.15) is 11.8 Å². The smallest absolute Gasteiger partial charge is 0.408 e. The standard InChI is InChI=1S/C28H39N3O5S/c1-28(2,3)36-27(35)31-24(19-21-12-14-22(32)15-13-21)26(34)30-23(16-18-37-4)25(33)29-17-8-11-20-9-6-5-7-10-20/h5-7,9-10,12-15,23-24,32H,8,11,16-19H2,1-4H3,(H,29,33)(H,30,34)(H,31,35)/t23?,24-/m0/s1. The second kappa shape index (κ2) is 15.1. The van der Waals surface area contributed by atoms with Crippen molar-refractivity contribution in [1.29, 1.82) is 0 Å². The number of ether oxygens (including phenoxy) is 1. The number of benzene rings is 2. The van der Waals surface area contributed by atoms with Gasteiger partial charge in [0, 0.05) is 13.0 Å². The molecule has 4 N–H and O–H groups in total. The van der Waals surface area contributed by atoms with Crippen molar-refractivity contribution in [3.05, 3.63) is 65.7 Å². The summed E-state index contributed by atoms with van der Waals surface area (Å²) in [6, 6.07) is 14.7. The third-order valence-electron chi connectivity index (χ3n) is 5.41. The molecule has 37 heavy (non-hydrogen) atoms. The van der Waals surface area contributed by atoms with Gasteiger partial charge in [0.1, 0.15) is 23.4 Å². The molecule has 202 valence electrons. The first-order valence-electron chi connectivity index (χ1n) is 12.5. The van der Waals surface area contributed by atoms with Gasteiger partial charge in [-0.15, -0.1) is 0 Å². The summed E-state index contributed by atoms with van der Waals surface area (Å²) in [7, 11) is 0. The van der Waals surface area contributed by atoms with E-state index in [-0.39, 0.29) is 18.1 Å². The molecule has 0 radical (unpaired) electrons. The molecule has 0 fully saturated rings. The lowest BCUT2D eigenvalue weighted by molar-refractivity contribution is -0.130. The molecule has 0 aliphatic heterocycles. The monoisotopic (exact) mass is 529 g/mol. The lowest BCUT2D eigenvalue weighted by Gasteiger charge is -2.25. The maximum Gasteiger partial charge on any atom is 0.408 e. The lowest BCUT2D eigenvalue weighted by atomic mass is 10.0. The van der Waals surface area contributed by atoms with Crippen LogP contribution in [0.5, 0.6) is 5.75 Å². The van der Waals surface area contributed by atoms with Crippen molar-refractivity contribution in [2.75, 3.05) is 18.6 Å². The van der Waals surface area contributed by atoms with E-state index in [0.717, 1.165) is 18.4 Å². The number of carbonyl (C=O) groups excluding carboxylic acids is 3. The molecule has 0 heterocycles. The van der Waals surface area contributed by atoms with E-state index < -0.39 is 29.7 Å². The Kier molecular flexibility index (Phi) is 12.3. The molecule has 3 amide bonds. The van der Waals surface area contributed by atoms with E-state index in [1.165, 1.54) is 17.7 Å². The van der Waals surface area contributed by atoms with Gasteiger partial charge in [0.25, 0.3) is 0 Å². The molecule has 2 rings (SSSR count). The Bertz CT molecular complexity index is 993. The van der Waals surface area contributed by atoms with Crippen LogP contribution in [0, 0.1) is 0 Å². The molecule has 0 aromatic heterocycles. The summed E-state index contributed by atoms with van der Waals surface area (Å²) in [4.78, 5) is 38.7. The molecule has 0 saturated heterocycles. The zero-order chi connectivity index (χ0) is 27.3. The van der Waals surface area contributed by atoms with Crippen LogP contribution >= 0.6 is 11.8 Å². The Balaban J connectivity index is 2.04. The van der Waals surface area contributed by atoms with Crippen LogP contribution < -0.4 is 16.0 Å². The predicted molar refractivity (Wildman–Crippen MR) is 148 cm³/mol. The van der Waals surface area contributed by atoms with Crippen molar-refractivity contribution in [1.82, 2.24) is 16.0 Å². The molecule has 2 aromatic carbocycles. The maximum atomic E-state index is 13.3. The van der Waals surface area contributed by atoms with Crippen LogP contribution in [-0.4, -0.2) is 59.3 Å². The SMILES string of the molecule is CSCCC(NC(=O)[C@H](Cc1ccc(O)cc1)NC(=O)OC(C)(C)C)C(=O)NCCCc1ccccc1. The van der Waals surface area contributed by atoms with Gasteiger partial charge in [-0.3, -0.25) is 9.59 Å². The molecule has 0 saturated carbocycles. The Morgan fingerprint density at radius 3 is 2.22 bits per heavy atom. The lowest BCUT2D eigenvalue weighted by Crippen LogP contribution is -2.55. The highest BCUT2D eigenvalue weighted by Gasteiger charge is 2.28. The van der Waals surface area contributed by atoms with Crippen LogP contribution in [0.1, 0.15) is 44.7 Å². The molecule has 9 heteroatoms. The number of rotatable bonds is 13. The molecule has 2 aromatic rings. The molecular weight excluding hydrogens is 490 g/mol. The normalized spacial score (nSPS) is 12.8. The zero-order valence-corrected chi connectivity index (χ0v) is 22.9. The number of amides is 3. The van der Waals surface area contributed by atoms with E-state index >= 15 is 0 Å². The van der Waals surface area contributed by atoms with Crippen LogP contribution in [0.3, 0.4) is 0 Å². The molecule has 8 nitrogen and oxygen atoms in total. The highest BCUT2D eigenvalue weighted by molar-refractivity contribution is 7.98. The number of alkyl carbamates (subject to hydrolysis) is 1. The highest BCUT2D eigenvalue weighted by atomic mass is 32.2. The first kappa shape index (κ1) is 30.0. The van der Waals surface area contributed by atoms with E-state index in [1.54, 1.807) is 44.7 Å². The predicted octanol–water partition coefficient (Wildman–Crippen LogP) is 3.81. The first-order chi connectivity index (χ1) is 17.6. The van der Waals surface area contributed by atoms with E-state index in [9.17, 15) is 19.5 Å². The summed E-state index contributed by atoms with van der Waals surface area (Å²) in [5.41, 5.74) is 1.21. The number of hydrogen-bond donors (Lipinski definition) is 4. The van der Waals surface area contributed by atoms with E-state index in [0.29, 0.717) is 18.7 Å². The average Bonchev–Trinajstić information content (AvgIpc) is 2.84. The molecule has 0 spiro atoms. The average molecular weight is 530 g/mol. The largest absolute Gasteiger partial charge is 0.508 e. The number of phenolic OH excluding ortho intramolecular Hbond substituents is 1. The number of aromatic hydroxyl groups is 1. The number of carbonyl (C=O) groups is 3. The van der Waals surface area contributed by atoms with Crippen LogP contribution in [0.4, 0.5) is 4.79 Å². The van der Waals surface area contributed by atoms with Gasteiger partial charge < -0.3 is 25.8 Å². The van der Waals surface area contributed by atoms with Gasteiger partial charge in [0.15, 0.2) is 0 Å². The van der Waals surface area contributed by atoms with Crippen molar-refractivity contribution < 1.29 is 24.2 Å². The first-order valence-corrected chi connectivity index (χ1v) is 13.8. The van der Waals surface area contributed by atoms with E-state index in [4.69, 9.17) is 4.74 Å². The Morgan fingerprint density at radius 2 is 1.59 bits per heavy atom. The summed E-state index contributed by atoms with van der Waals surface area (Å²) in [6.07, 6.45) is 3.46. The van der Waals surface area contributed by atoms with Crippen LogP contribution in [0.2, 0.25) is 0 Å². The van der Waals surface area contributed by atoms with E-state index in [2.05, 4.69) is 28.1 Å². The highest BCUT2D eigenvalue weighted by Crippen LogP contribution is 2.13. The van der Waals surface area contributed by atoms with Gasteiger partial charge in [-0.05, 0) is 75.3 Å². The quantitative estimate of drug-likeness (QED) is 0.293. The van der Waals surface area contributed by atoms with Crippen molar-refractivity contribution in [3.63, 3.8) is 0 Å². The topological polar surface area (TPSA) is 117 Å². The number of phenols is 1. The maximum absolute atomic E-state index is 13.3. The molecule has 0 bridgehead atoms. The van der Waals surface area contributed by atoms with Gasteiger partial charge in [-0.25, -0.2) is 4.79 Å². The molecule has 2 atom stereocenters. The number of nitrogens with one attached hydrogen (secondary N) is 3. The third-order valence-corrected chi connectivity index (χ3v) is 6.06. The van der Waals surface area contributed by atoms with Gasteiger partial charge in [0.2, 0.25) is 11.8 Å². The van der Waals surface area contributed by atoms with Crippen molar-refractivity contribution in [3.8, 4) is 5.75 Å². The van der Waals surface area contributed by atoms with Gasteiger partial charge >= 0.3 is 6.09 Å². The fraction of sp³-hybridized carbons (Fsp3) is 0.464. The Morgan fingerprint density at radius 1 is 0.919 bits per heavy atom. The second-order valence-corrected chi connectivity index (χ2v) is 10.8. The summed E-state index contributed by atoms with van der Waals surface area (Å²) in [6.45, 7) is 5.71. The van der Waals surface area contributed by atoms with E-state index in [1.807, 2.05) is 24.5 Å².